The summed E-state index contributed by atoms with van der Waals surface area (Å²) in [6.45, 7) is 4.33. The van der Waals surface area contributed by atoms with Crippen LogP contribution in [0.2, 0.25) is 5.02 Å². The van der Waals surface area contributed by atoms with Crippen LogP contribution in [0, 0.1) is 18.6 Å². The first-order valence-corrected chi connectivity index (χ1v) is 12.5. The van der Waals surface area contributed by atoms with E-state index in [9.17, 15) is 13.6 Å². The normalized spacial score (nSPS) is 19.5. The molecular weight excluding hydrogens is 494 g/mol. The third-order valence-electron chi connectivity index (χ3n) is 6.29. The zero-order chi connectivity index (χ0) is 26.5. The number of benzene rings is 2. The van der Waals surface area contributed by atoms with Crippen LogP contribution in [0.3, 0.4) is 0 Å². The van der Waals surface area contributed by atoms with E-state index in [2.05, 4.69) is 15.6 Å². The Kier molecular flexibility index (Phi) is 8.36. The third kappa shape index (κ3) is 6.06. The molecule has 5 nitrogen and oxygen atoms in total. The van der Waals surface area contributed by atoms with Gasteiger partial charge in [-0.1, -0.05) is 35.9 Å². The SMILES string of the molecule is Cc1cc(N/C2=C\C/C=C\C=C3\CC(c4ccc(Cl)c(F)c4F)=CN=C32)ccc1C(=O)NC(C)CCN. The number of rotatable bonds is 7. The van der Waals surface area contributed by atoms with Crippen molar-refractivity contribution in [3.8, 4) is 0 Å². The molecule has 8 heteroatoms. The summed E-state index contributed by atoms with van der Waals surface area (Å²) < 4.78 is 28.6. The van der Waals surface area contributed by atoms with E-state index in [1.807, 2.05) is 50.3 Å². The van der Waals surface area contributed by atoms with E-state index in [-0.39, 0.29) is 22.5 Å². The topological polar surface area (TPSA) is 79.5 Å². The van der Waals surface area contributed by atoms with Crippen LogP contribution in [0.25, 0.3) is 5.57 Å². The molecule has 2 aliphatic rings. The predicted molar refractivity (Wildman–Crippen MR) is 147 cm³/mol. The van der Waals surface area contributed by atoms with E-state index >= 15 is 0 Å². The van der Waals surface area contributed by atoms with E-state index in [4.69, 9.17) is 17.3 Å². The van der Waals surface area contributed by atoms with Crippen molar-refractivity contribution in [1.29, 1.82) is 0 Å². The Labute approximate surface area is 220 Å². The standard InChI is InChI=1S/C29H29ClF2N4O/c1-17-14-21(8-9-22(17)29(37)35-18(2)12-13-33)36-25-7-5-3-4-6-19-15-20(16-34-28(19)25)23-10-11-24(30)27(32)26(23)31/h3-4,6-11,14,16,18,36H,5,12-13,15,33H2,1-2H3,(H,35,37)/b4-3-,19-6-,25-7-. The molecule has 0 spiro atoms. The number of aliphatic imine (C=N–C) groups is 1. The van der Waals surface area contributed by atoms with Gasteiger partial charge in [0.05, 0.1) is 16.4 Å². The van der Waals surface area contributed by atoms with E-state index in [1.165, 1.54) is 12.1 Å². The first-order chi connectivity index (χ1) is 17.8. The average molecular weight is 523 g/mol. The van der Waals surface area contributed by atoms with Crippen molar-refractivity contribution in [2.45, 2.75) is 39.2 Å². The molecule has 1 heterocycles. The summed E-state index contributed by atoms with van der Waals surface area (Å²) >= 11 is 5.72. The lowest BCUT2D eigenvalue weighted by molar-refractivity contribution is 0.0938. The second-order valence-electron chi connectivity index (χ2n) is 9.11. The molecule has 37 heavy (non-hydrogen) atoms. The Balaban J connectivity index is 1.59. The van der Waals surface area contributed by atoms with Crippen molar-refractivity contribution in [2.75, 3.05) is 11.9 Å². The minimum atomic E-state index is -1.06. The highest BCUT2D eigenvalue weighted by Gasteiger charge is 2.23. The highest BCUT2D eigenvalue weighted by molar-refractivity contribution is 6.30. The molecule has 192 valence electrons. The van der Waals surface area contributed by atoms with Crippen molar-refractivity contribution in [1.82, 2.24) is 5.32 Å². The third-order valence-corrected chi connectivity index (χ3v) is 6.58. The van der Waals surface area contributed by atoms with Gasteiger partial charge in [-0.3, -0.25) is 9.79 Å². The Bertz CT molecular complexity index is 1370. The number of hydrogen-bond acceptors (Lipinski definition) is 4. The molecule has 0 saturated heterocycles. The van der Waals surface area contributed by atoms with Gasteiger partial charge in [0.15, 0.2) is 11.6 Å². The number of halogens is 3. The van der Waals surface area contributed by atoms with Crippen LogP contribution in [-0.4, -0.2) is 24.2 Å². The second kappa shape index (κ2) is 11.7. The van der Waals surface area contributed by atoms with E-state index < -0.39 is 11.6 Å². The summed E-state index contributed by atoms with van der Waals surface area (Å²) in [6, 6.07) is 8.37. The molecule has 1 aliphatic carbocycles. The van der Waals surface area contributed by atoms with Gasteiger partial charge in [0.25, 0.3) is 5.91 Å². The van der Waals surface area contributed by atoms with Gasteiger partial charge in [-0.05, 0) is 80.3 Å². The summed E-state index contributed by atoms with van der Waals surface area (Å²) in [5.74, 6) is -2.18. The summed E-state index contributed by atoms with van der Waals surface area (Å²) in [7, 11) is 0. The Hall–Kier alpha value is -3.55. The monoisotopic (exact) mass is 522 g/mol. The fourth-order valence-electron chi connectivity index (χ4n) is 4.31. The minimum absolute atomic E-state index is 0.00635. The van der Waals surface area contributed by atoms with Crippen molar-refractivity contribution < 1.29 is 13.6 Å². The lowest BCUT2D eigenvalue weighted by atomic mass is 9.91. The van der Waals surface area contributed by atoms with Crippen LogP contribution in [0.4, 0.5) is 14.5 Å². The smallest absolute Gasteiger partial charge is 0.251 e. The number of nitrogens with one attached hydrogen (secondary N) is 2. The Morgan fingerprint density at radius 1 is 1.19 bits per heavy atom. The number of hydrogen-bond donors (Lipinski definition) is 3. The quantitative estimate of drug-likeness (QED) is 0.365. The van der Waals surface area contributed by atoms with Gasteiger partial charge in [-0.25, -0.2) is 8.78 Å². The molecular formula is C29H29ClF2N4O. The van der Waals surface area contributed by atoms with Crippen molar-refractivity contribution in [2.24, 2.45) is 10.7 Å². The van der Waals surface area contributed by atoms with Gasteiger partial charge in [-0.15, -0.1) is 0 Å². The molecule has 0 bridgehead atoms. The second-order valence-corrected chi connectivity index (χ2v) is 9.52. The largest absolute Gasteiger partial charge is 0.354 e. The molecule has 2 aromatic carbocycles. The fraction of sp³-hybridized carbons (Fsp3) is 0.241. The first kappa shape index (κ1) is 26.5. The maximum absolute atomic E-state index is 14.6. The molecule has 0 fully saturated rings. The first-order valence-electron chi connectivity index (χ1n) is 12.1. The highest BCUT2D eigenvalue weighted by Crippen LogP contribution is 2.34. The summed E-state index contributed by atoms with van der Waals surface area (Å²) in [5, 5.41) is 6.14. The van der Waals surface area contributed by atoms with E-state index in [0.717, 1.165) is 28.2 Å². The van der Waals surface area contributed by atoms with Crippen LogP contribution in [0.15, 0.2) is 77.1 Å². The zero-order valence-electron chi connectivity index (χ0n) is 20.7. The van der Waals surface area contributed by atoms with E-state index in [0.29, 0.717) is 36.9 Å². The number of anilines is 1. The van der Waals surface area contributed by atoms with Gasteiger partial charge >= 0.3 is 0 Å². The minimum Gasteiger partial charge on any atom is -0.354 e. The van der Waals surface area contributed by atoms with Gasteiger partial charge in [0.1, 0.15) is 0 Å². The Morgan fingerprint density at radius 3 is 2.76 bits per heavy atom. The number of nitrogens with two attached hydrogens (primary N) is 1. The Morgan fingerprint density at radius 2 is 2.00 bits per heavy atom. The molecule has 1 aliphatic heterocycles. The van der Waals surface area contributed by atoms with Crippen LogP contribution in [0.1, 0.15) is 47.7 Å². The van der Waals surface area contributed by atoms with Gasteiger partial charge in [-0.2, -0.15) is 0 Å². The molecule has 1 atom stereocenters. The fourth-order valence-corrected chi connectivity index (χ4v) is 4.46. The van der Waals surface area contributed by atoms with E-state index in [1.54, 1.807) is 12.3 Å². The molecule has 4 N–H and O–H groups in total. The number of aryl methyl sites for hydroxylation is 1. The number of fused-ring (bicyclic) bond motifs is 1. The summed E-state index contributed by atoms with van der Waals surface area (Å²) in [4.78, 5) is 17.3. The highest BCUT2D eigenvalue weighted by atomic mass is 35.5. The lowest BCUT2D eigenvalue weighted by Crippen LogP contribution is -2.34. The molecule has 1 amide bonds. The van der Waals surface area contributed by atoms with Crippen molar-refractivity contribution in [3.05, 3.63) is 105 Å². The lowest BCUT2D eigenvalue weighted by Gasteiger charge is -2.22. The van der Waals surface area contributed by atoms with Crippen LogP contribution in [-0.2, 0) is 0 Å². The van der Waals surface area contributed by atoms with Gasteiger partial charge in [0, 0.05) is 35.5 Å². The molecule has 0 aromatic heterocycles. The molecule has 0 radical (unpaired) electrons. The molecule has 1 unspecified atom stereocenters. The predicted octanol–water partition coefficient (Wildman–Crippen LogP) is 6.46. The van der Waals surface area contributed by atoms with Gasteiger partial charge < -0.3 is 16.4 Å². The number of carbonyl (C=O) groups is 1. The number of amides is 1. The van der Waals surface area contributed by atoms with Gasteiger partial charge in [0.2, 0.25) is 0 Å². The van der Waals surface area contributed by atoms with Crippen LogP contribution < -0.4 is 16.4 Å². The number of nitrogens with zero attached hydrogens (tertiary/aromatic N) is 1. The van der Waals surface area contributed by atoms with Crippen molar-refractivity contribution >= 4 is 34.5 Å². The van der Waals surface area contributed by atoms with Crippen molar-refractivity contribution in [3.63, 3.8) is 0 Å². The molecule has 0 saturated carbocycles. The van der Waals surface area contributed by atoms with Crippen LogP contribution >= 0.6 is 11.6 Å². The maximum atomic E-state index is 14.6. The van der Waals surface area contributed by atoms with Crippen LogP contribution in [0.5, 0.6) is 0 Å². The maximum Gasteiger partial charge on any atom is 0.251 e. The molecule has 2 aromatic rings. The summed E-state index contributed by atoms with van der Waals surface area (Å²) in [5.41, 5.74) is 10.9. The average Bonchev–Trinajstić information content (AvgIpc) is 2.85. The zero-order valence-corrected chi connectivity index (χ0v) is 21.5. The molecule has 4 rings (SSSR count). The number of allylic oxidation sites excluding steroid dienone is 6. The number of carbonyl (C=O) groups excluding carboxylic acids is 1. The summed E-state index contributed by atoms with van der Waals surface area (Å²) in [6.07, 6.45) is 11.2.